The van der Waals surface area contributed by atoms with Crippen LogP contribution < -0.4 is 21.3 Å². The Morgan fingerprint density at radius 1 is 1.14 bits per heavy atom. The maximum Gasteiger partial charge on any atom is 0.419 e. The maximum atomic E-state index is 12.9. The molecule has 3 rings (SSSR count). The fraction of sp³-hybridized carbons (Fsp3) is 0.250. The SMILES string of the molecule is C[C@H](Oc1ccc(F)cc1)C(=O)NNC(=O)CCCn1c(=O)oc2ccccc21. The van der Waals surface area contributed by atoms with Gasteiger partial charge in [0.25, 0.3) is 5.91 Å². The Morgan fingerprint density at radius 3 is 2.62 bits per heavy atom. The molecule has 1 atom stereocenters. The summed E-state index contributed by atoms with van der Waals surface area (Å²) in [6, 6.07) is 12.3. The zero-order chi connectivity index (χ0) is 20.8. The zero-order valence-corrected chi connectivity index (χ0v) is 15.7. The molecule has 0 spiro atoms. The van der Waals surface area contributed by atoms with Crippen LogP contribution in [0, 0.1) is 5.82 Å². The second-order valence-electron chi connectivity index (χ2n) is 6.34. The van der Waals surface area contributed by atoms with Gasteiger partial charge in [0.2, 0.25) is 5.91 Å². The summed E-state index contributed by atoms with van der Waals surface area (Å²) in [5, 5.41) is 0. The molecular weight excluding hydrogens is 381 g/mol. The van der Waals surface area contributed by atoms with Gasteiger partial charge < -0.3 is 9.15 Å². The number of hydrazine groups is 1. The minimum atomic E-state index is -0.892. The Kier molecular flexibility index (Phi) is 6.28. The predicted octanol–water partition coefficient (Wildman–Crippen LogP) is 2.13. The highest BCUT2D eigenvalue weighted by atomic mass is 19.1. The molecule has 3 aromatic rings. The van der Waals surface area contributed by atoms with E-state index in [4.69, 9.17) is 9.15 Å². The van der Waals surface area contributed by atoms with Crippen molar-refractivity contribution in [3.05, 3.63) is 64.9 Å². The number of carbonyl (C=O) groups excluding carboxylic acids is 2. The van der Waals surface area contributed by atoms with Crippen molar-refractivity contribution >= 4 is 22.9 Å². The maximum absolute atomic E-state index is 12.9. The molecule has 2 aromatic carbocycles. The average Bonchev–Trinajstić information content (AvgIpc) is 3.03. The van der Waals surface area contributed by atoms with Crippen LogP contribution in [0.25, 0.3) is 11.1 Å². The average molecular weight is 401 g/mol. The van der Waals surface area contributed by atoms with E-state index in [0.717, 1.165) is 0 Å². The summed E-state index contributed by atoms with van der Waals surface area (Å²) in [5.74, 6) is -1.52. The van der Waals surface area contributed by atoms with Crippen molar-refractivity contribution in [1.29, 1.82) is 0 Å². The number of nitrogens with one attached hydrogen (secondary N) is 2. The number of aromatic nitrogens is 1. The lowest BCUT2D eigenvalue weighted by Gasteiger charge is -2.15. The number of hydrogen-bond acceptors (Lipinski definition) is 5. The first-order valence-electron chi connectivity index (χ1n) is 9.03. The first kappa shape index (κ1) is 20.1. The number of hydrogen-bond donors (Lipinski definition) is 2. The molecule has 0 radical (unpaired) electrons. The second-order valence-corrected chi connectivity index (χ2v) is 6.34. The number of ether oxygens (including phenoxy) is 1. The van der Waals surface area contributed by atoms with Gasteiger partial charge in [-0.2, -0.15) is 0 Å². The molecule has 0 saturated heterocycles. The van der Waals surface area contributed by atoms with Crippen LogP contribution in [0.5, 0.6) is 5.75 Å². The van der Waals surface area contributed by atoms with Crippen molar-refractivity contribution in [2.75, 3.05) is 0 Å². The molecule has 0 unspecified atom stereocenters. The summed E-state index contributed by atoms with van der Waals surface area (Å²) in [7, 11) is 0. The number of fused-ring (bicyclic) bond motifs is 1. The first-order valence-corrected chi connectivity index (χ1v) is 9.03. The standard InChI is InChI=1S/C20H20FN3O5/c1-13(28-15-10-8-14(21)9-11-15)19(26)23-22-18(25)7-4-12-24-16-5-2-3-6-17(16)29-20(24)27/h2-3,5-6,8-11,13H,4,7,12H2,1H3,(H,22,25)(H,23,26)/t13-/m0/s1. The van der Waals surface area contributed by atoms with E-state index in [1.165, 1.54) is 35.8 Å². The third kappa shape index (κ3) is 5.22. The number of nitrogens with zero attached hydrogens (tertiary/aromatic N) is 1. The lowest BCUT2D eigenvalue weighted by molar-refractivity contribution is -0.132. The van der Waals surface area contributed by atoms with E-state index < -0.39 is 29.5 Å². The molecule has 2 N–H and O–H groups in total. The number of carbonyl (C=O) groups is 2. The van der Waals surface area contributed by atoms with Crippen LogP contribution in [-0.2, 0) is 16.1 Å². The Bertz CT molecular complexity index is 1060. The largest absolute Gasteiger partial charge is 0.481 e. The first-order chi connectivity index (χ1) is 13.9. The van der Waals surface area contributed by atoms with E-state index in [0.29, 0.717) is 29.8 Å². The van der Waals surface area contributed by atoms with Crippen molar-refractivity contribution in [1.82, 2.24) is 15.4 Å². The van der Waals surface area contributed by atoms with Crippen molar-refractivity contribution in [2.45, 2.75) is 32.4 Å². The molecule has 0 aliphatic rings. The molecule has 152 valence electrons. The van der Waals surface area contributed by atoms with Gasteiger partial charge in [-0.25, -0.2) is 9.18 Å². The van der Waals surface area contributed by atoms with E-state index in [9.17, 15) is 18.8 Å². The quantitative estimate of drug-likeness (QED) is 0.591. The summed E-state index contributed by atoms with van der Waals surface area (Å²) in [6.07, 6.45) is -0.414. The zero-order valence-electron chi connectivity index (χ0n) is 15.7. The Hall–Kier alpha value is -3.62. The summed E-state index contributed by atoms with van der Waals surface area (Å²) >= 11 is 0. The van der Waals surface area contributed by atoms with E-state index >= 15 is 0 Å². The molecule has 2 amide bonds. The minimum Gasteiger partial charge on any atom is -0.481 e. The van der Waals surface area contributed by atoms with Crippen LogP contribution in [-0.4, -0.2) is 22.5 Å². The summed E-state index contributed by atoms with van der Waals surface area (Å²) < 4.78 is 24.8. The molecule has 0 saturated carbocycles. The highest BCUT2D eigenvalue weighted by Gasteiger charge is 2.15. The molecule has 8 nitrogen and oxygen atoms in total. The molecule has 0 aliphatic carbocycles. The van der Waals surface area contributed by atoms with Gasteiger partial charge in [-0.3, -0.25) is 25.0 Å². The van der Waals surface area contributed by atoms with E-state index in [1.807, 2.05) is 0 Å². The molecular formula is C20H20FN3O5. The molecule has 0 bridgehead atoms. The van der Waals surface area contributed by atoms with E-state index in [2.05, 4.69) is 10.9 Å². The normalized spacial score (nSPS) is 11.8. The lowest BCUT2D eigenvalue weighted by Crippen LogP contribution is -2.47. The van der Waals surface area contributed by atoms with Gasteiger partial charge in [-0.15, -0.1) is 0 Å². The smallest absolute Gasteiger partial charge is 0.419 e. The van der Waals surface area contributed by atoms with Gasteiger partial charge in [-0.05, 0) is 49.7 Å². The van der Waals surface area contributed by atoms with Crippen molar-refractivity contribution in [3.63, 3.8) is 0 Å². The van der Waals surface area contributed by atoms with Crippen molar-refractivity contribution < 1.29 is 23.1 Å². The fourth-order valence-corrected chi connectivity index (χ4v) is 2.69. The predicted molar refractivity (Wildman–Crippen MR) is 102 cm³/mol. The van der Waals surface area contributed by atoms with Crippen molar-refractivity contribution in [2.24, 2.45) is 0 Å². The molecule has 0 fully saturated rings. The highest BCUT2D eigenvalue weighted by Crippen LogP contribution is 2.13. The van der Waals surface area contributed by atoms with E-state index in [-0.39, 0.29) is 6.42 Å². The van der Waals surface area contributed by atoms with Gasteiger partial charge in [0.15, 0.2) is 11.7 Å². The Labute approximate surface area is 165 Å². The third-order valence-electron chi connectivity index (χ3n) is 4.18. The number of halogens is 1. The molecule has 0 aliphatic heterocycles. The van der Waals surface area contributed by atoms with Gasteiger partial charge in [0, 0.05) is 13.0 Å². The number of benzene rings is 2. The number of para-hydroxylation sites is 2. The second kappa shape index (κ2) is 9.05. The van der Waals surface area contributed by atoms with E-state index in [1.54, 1.807) is 24.3 Å². The van der Waals surface area contributed by atoms with Gasteiger partial charge in [-0.1, -0.05) is 12.1 Å². The summed E-state index contributed by atoms with van der Waals surface area (Å²) in [5.41, 5.74) is 5.73. The van der Waals surface area contributed by atoms with Gasteiger partial charge in [0.1, 0.15) is 11.6 Å². The van der Waals surface area contributed by atoms with Crippen LogP contribution in [0.1, 0.15) is 19.8 Å². The summed E-state index contributed by atoms with van der Waals surface area (Å²) in [6.45, 7) is 1.81. The molecule has 9 heteroatoms. The van der Waals surface area contributed by atoms with Crippen LogP contribution in [0.15, 0.2) is 57.7 Å². The molecule has 1 heterocycles. The third-order valence-corrected chi connectivity index (χ3v) is 4.18. The minimum absolute atomic E-state index is 0.0967. The molecule has 29 heavy (non-hydrogen) atoms. The fourth-order valence-electron chi connectivity index (χ4n) is 2.69. The van der Waals surface area contributed by atoms with Gasteiger partial charge >= 0.3 is 5.76 Å². The number of amides is 2. The van der Waals surface area contributed by atoms with Crippen LogP contribution in [0.4, 0.5) is 4.39 Å². The van der Waals surface area contributed by atoms with Gasteiger partial charge in [0.05, 0.1) is 5.52 Å². The number of aryl methyl sites for hydroxylation is 1. The van der Waals surface area contributed by atoms with Crippen LogP contribution in [0.3, 0.4) is 0 Å². The Balaban J connectivity index is 1.42. The summed E-state index contributed by atoms with van der Waals surface area (Å²) in [4.78, 5) is 35.8. The van der Waals surface area contributed by atoms with Crippen LogP contribution >= 0.6 is 0 Å². The topological polar surface area (TPSA) is 103 Å². The highest BCUT2D eigenvalue weighted by molar-refractivity contribution is 5.84. The van der Waals surface area contributed by atoms with Crippen molar-refractivity contribution in [3.8, 4) is 5.75 Å². The number of rotatable bonds is 7. The lowest BCUT2D eigenvalue weighted by atomic mass is 10.3. The van der Waals surface area contributed by atoms with Crippen LogP contribution in [0.2, 0.25) is 0 Å². The Morgan fingerprint density at radius 2 is 1.86 bits per heavy atom. The monoisotopic (exact) mass is 401 g/mol. The number of oxazole rings is 1. The molecule has 1 aromatic heterocycles.